The lowest BCUT2D eigenvalue weighted by Gasteiger charge is -2.48. The zero-order valence-corrected chi connectivity index (χ0v) is 20.6. The quantitative estimate of drug-likeness (QED) is 0.436. The third-order valence-corrected chi connectivity index (χ3v) is 6.80. The Labute approximate surface area is 207 Å². The molecule has 5 rings (SSSR count). The molecule has 13 heteroatoms. The molecule has 2 unspecified atom stereocenters. The van der Waals surface area contributed by atoms with Crippen molar-refractivity contribution in [2.24, 2.45) is 0 Å². The van der Waals surface area contributed by atoms with E-state index in [1.54, 1.807) is 42.1 Å². The SMILES string of the molecule is CC(C)(C)OC(=O)N1C2COCC1CN(c1nc3c(C(F)(F)F)c(Cl)cc(-c4nccs4)c3o1)C2. The van der Waals surface area contributed by atoms with Crippen molar-refractivity contribution in [1.29, 1.82) is 0 Å². The number of anilines is 1. The lowest BCUT2D eigenvalue weighted by Crippen LogP contribution is -2.66. The van der Waals surface area contributed by atoms with Gasteiger partial charge < -0.3 is 18.8 Å². The minimum absolute atomic E-state index is 0.0197. The molecule has 2 bridgehead atoms. The summed E-state index contributed by atoms with van der Waals surface area (Å²) in [5.41, 5.74) is -1.80. The van der Waals surface area contributed by atoms with Crippen LogP contribution in [-0.4, -0.2) is 64.9 Å². The molecular formula is C22H22ClF3N4O4S. The van der Waals surface area contributed by atoms with Gasteiger partial charge in [0.25, 0.3) is 6.01 Å². The van der Waals surface area contributed by atoms with Gasteiger partial charge in [-0.3, -0.25) is 4.90 Å². The summed E-state index contributed by atoms with van der Waals surface area (Å²) in [5, 5.41) is 1.70. The smallest absolute Gasteiger partial charge is 0.420 e. The number of carbonyl (C=O) groups excluding carboxylic acids is 1. The third kappa shape index (κ3) is 4.54. The molecule has 4 heterocycles. The Kier molecular flexibility index (Phi) is 5.88. The van der Waals surface area contributed by atoms with Gasteiger partial charge in [-0.15, -0.1) is 11.3 Å². The van der Waals surface area contributed by atoms with Crippen molar-refractivity contribution in [3.8, 4) is 10.6 Å². The average molecular weight is 531 g/mol. The molecule has 1 amide bonds. The van der Waals surface area contributed by atoms with Crippen LogP contribution in [0.2, 0.25) is 5.02 Å². The van der Waals surface area contributed by atoms with Crippen molar-refractivity contribution in [2.45, 2.75) is 44.6 Å². The van der Waals surface area contributed by atoms with E-state index in [4.69, 9.17) is 25.5 Å². The monoisotopic (exact) mass is 530 g/mol. The highest BCUT2D eigenvalue weighted by Crippen LogP contribution is 2.45. The van der Waals surface area contributed by atoms with Gasteiger partial charge in [-0.05, 0) is 26.8 Å². The number of carbonyl (C=O) groups is 1. The Bertz CT molecular complexity index is 1240. The molecule has 2 aromatic heterocycles. The second-order valence-corrected chi connectivity index (χ2v) is 10.7. The molecule has 0 aliphatic carbocycles. The van der Waals surface area contributed by atoms with Crippen molar-refractivity contribution in [1.82, 2.24) is 14.9 Å². The lowest BCUT2D eigenvalue weighted by molar-refractivity contribution is -0.136. The average Bonchev–Trinajstić information content (AvgIpc) is 3.40. The van der Waals surface area contributed by atoms with Crippen LogP contribution in [0.5, 0.6) is 0 Å². The maximum absolute atomic E-state index is 13.9. The minimum Gasteiger partial charge on any atom is -0.444 e. The fourth-order valence-electron chi connectivity index (χ4n) is 4.39. The summed E-state index contributed by atoms with van der Waals surface area (Å²) in [6.45, 7) is 6.39. The summed E-state index contributed by atoms with van der Waals surface area (Å²) in [6.07, 6.45) is -3.64. The number of benzene rings is 1. The molecule has 2 atom stereocenters. The van der Waals surface area contributed by atoms with E-state index in [9.17, 15) is 18.0 Å². The zero-order valence-electron chi connectivity index (χ0n) is 19.1. The van der Waals surface area contributed by atoms with Gasteiger partial charge in [0, 0.05) is 24.7 Å². The number of hydrogen-bond donors (Lipinski definition) is 0. The summed E-state index contributed by atoms with van der Waals surface area (Å²) in [6, 6.07) is 0.475. The summed E-state index contributed by atoms with van der Waals surface area (Å²) in [4.78, 5) is 24.7. The maximum atomic E-state index is 13.9. The van der Waals surface area contributed by atoms with Gasteiger partial charge >= 0.3 is 12.3 Å². The highest BCUT2D eigenvalue weighted by atomic mass is 35.5. The standard InChI is InChI=1S/C22H22ClF3N4O4S/c1-21(2,3)34-20(31)30-11-7-29(8-12(30)10-32-9-11)19-28-16-15(22(24,25)26)14(23)6-13(17(16)33-19)18-27-4-5-35-18/h4-6,11-12H,7-10H2,1-3H3. The molecule has 2 aliphatic heterocycles. The number of nitrogens with zero attached hydrogens (tertiary/aromatic N) is 4. The number of morpholine rings is 1. The van der Waals surface area contributed by atoms with Gasteiger partial charge in [-0.2, -0.15) is 18.2 Å². The highest BCUT2D eigenvalue weighted by Gasteiger charge is 2.45. The normalized spacial score (nSPS) is 21.0. The molecule has 3 aromatic rings. The first kappa shape index (κ1) is 24.1. The van der Waals surface area contributed by atoms with E-state index in [1.165, 1.54) is 17.4 Å². The van der Waals surface area contributed by atoms with Crippen LogP contribution < -0.4 is 4.90 Å². The Morgan fingerprint density at radius 1 is 1.23 bits per heavy atom. The number of alkyl halides is 3. The molecule has 2 aliphatic rings. The number of fused-ring (bicyclic) bond motifs is 3. The second-order valence-electron chi connectivity index (χ2n) is 9.43. The summed E-state index contributed by atoms with van der Waals surface area (Å²) >= 11 is 7.33. The van der Waals surface area contributed by atoms with Crippen LogP contribution in [0, 0.1) is 0 Å². The van der Waals surface area contributed by atoms with Gasteiger partial charge in [0.05, 0.1) is 35.9 Å². The van der Waals surface area contributed by atoms with Gasteiger partial charge in [0.2, 0.25) is 0 Å². The van der Waals surface area contributed by atoms with Gasteiger partial charge in [-0.1, -0.05) is 11.6 Å². The van der Waals surface area contributed by atoms with E-state index in [0.717, 1.165) is 0 Å². The van der Waals surface area contributed by atoms with E-state index in [2.05, 4.69) is 9.97 Å². The van der Waals surface area contributed by atoms with Crippen LogP contribution in [0.15, 0.2) is 22.1 Å². The van der Waals surface area contributed by atoms with E-state index in [-0.39, 0.29) is 55.5 Å². The van der Waals surface area contributed by atoms with Crippen LogP contribution in [0.1, 0.15) is 26.3 Å². The summed E-state index contributed by atoms with van der Waals surface area (Å²) in [7, 11) is 0. The molecule has 1 aromatic carbocycles. The molecule has 2 fully saturated rings. The van der Waals surface area contributed by atoms with E-state index in [0.29, 0.717) is 10.6 Å². The first-order chi connectivity index (χ1) is 16.4. The number of rotatable bonds is 2. The van der Waals surface area contributed by atoms with Gasteiger partial charge in [-0.25, -0.2) is 9.78 Å². The molecule has 8 nitrogen and oxygen atoms in total. The Morgan fingerprint density at radius 2 is 1.91 bits per heavy atom. The number of thiazole rings is 1. The Morgan fingerprint density at radius 3 is 2.49 bits per heavy atom. The number of ether oxygens (including phenoxy) is 2. The number of aromatic nitrogens is 2. The number of oxazole rings is 1. The van der Waals surface area contributed by atoms with Gasteiger partial charge in [0.1, 0.15) is 21.7 Å². The third-order valence-electron chi connectivity index (χ3n) is 5.70. The zero-order chi connectivity index (χ0) is 25.1. The first-order valence-corrected chi connectivity index (χ1v) is 12.1. The molecule has 188 valence electrons. The van der Waals surface area contributed by atoms with Crippen molar-refractivity contribution in [3.05, 3.63) is 28.2 Å². The highest BCUT2D eigenvalue weighted by molar-refractivity contribution is 7.13. The number of halogens is 4. The first-order valence-electron chi connectivity index (χ1n) is 10.9. The molecule has 0 radical (unpaired) electrons. The van der Waals surface area contributed by atoms with Crippen molar-refractivity contribution < 1.29 is 31.9 Å². The summed E-state index contributed by atoms with van der Waals surface area (Å²) in [5.74, 6) is 0. The van der Waals surface area contributed by atoms with Crippen LogP contribution in [0.25, 0.3) is 21.7 Å². The lowest BCUT2D eigenvalue weighted by atomic mass is 10.1. The molecule has 35 heavy (non-hydrogen) atoms. The van der Waals surface area contributed by atoms with Crippen molar-refractivity contribution in [3.63, 3.8) is 0 Å². The molecule has 2 saturated heterocycles. The van der Waals surface area contributed by atoms with Crippen LogP contribution in [0.4, 0.5) is 24.0 Å². The number of hydrogen-bond acceptors (Lipinski definition) is 8. The van der Waals surface area contributed by atoms with E-state index < -0.39 is 28.5 Å². The topological polar surface area (TPSA) is 80.9 Å². The predicted octanol–water partition coefficient (Wildman–Crippen LogP) is 5.45. The molecule has 0 N–H and O–H groups in total. The molecular weight excluding hydrogens is 509 g/mol. The second kappa shape index (κ2) is 8.52. The van der Waals surface area contributed by atoms with E-state index in [1.807, 2.05) is 0 Å². The van der Waals surface area contributed by atoms with Crippen LogP contribution in [-0.2, 0) is 15.7 Å². The Hall–Kier alpha value is -2.57. The predicted molar refractivity (Wildman–Crippen MR) is 124 cm³/mol. The maximum Gasteiger partial charge on any atom is 0.420 e. The largest absolute Gasteiger partial charge is 0.444 e. The van der Waals surface area contributed by atoms with E-state index >= 15 is 0 Å². The summed E-state index contributed by atoms with van der Waals surface area (Å²) < 4.78 is 58.8. The van der Waals surface area contributed by atoms with Crippen LogP contribution in [0.3, 0.4) is 0 Å². The number of amides is 1. The number of piperazine rings is 1. The minimum atomic E-state index is -4.73. The van der Waals surface area contributed by atoms with Crippen LogP contribution >= 0.6 is 22.9 Å². The van der Waals surface area contributed by atoms with Crippen molar-refractivity contribution >= 4 is 46.1 Å². The molecule has 0 saturated carbocycles. The fourth-order valence-corrected chi connectivity index (χ4v) is 5.35. The van der Waals surface area contributed by atoms with Crippen molar-refractivity contribution in [2.75, 3.05) is 31.2 Å². The fraction of sp³-hybridized carbons (Fsp3) is 0.500. The Balaban J connectivity index is 1.54. The molecule has 0 spiro atoms. The van der Waals surface area contributed by atoms with Gasteiger partial charge in [0.15, 0.2) is 5.58 Å².